The molecule has 16 heavy (non-hydrogen) atoms. The molecule has 1 aromatic heterocycles. The molecule has 0 aliphatic heterocycles. The predicted molar refractivity (Wildman–Crippen MR) is 61.4 cm³/mol. The Labute approximate surface area is 99.4 Å². The lowest BCUT2D eigenvalue weighted by Gasteiger charge is -2.24. The summed E-state index contributed by atoms with van der Waals surface area (Å²) in [6, 6.07) is 0. The van der Waals surface area contributed by atoms with E-state index < -0.39 is 11.5 Å². The molecule has 5 nitrogen and oxygen atoms in total. The van der Waals surface area contributed by atoms with Gasteiger partial charge in [-0.15, -0.1) is 0 Å². The second-order valence-electron chi connectivity index (χ2n) is 3.90. The van der Waals surface area contributed by atoms with Crippen molar-refractivity contribution in [3.63, 3.8) is 0 Å². The Morgan fingerprint density at radius 3 is 2.75 bits per heavy atom. The number of carbonyl (C=O) groups is 1. The van der Waals surface area contributed by atoms with Crippen LogP contribution in [0, 0.1) is 0 Å². The molecule has 0 aliphatic carbocycles. The second-order valence-corrected chi connectivity index (χ2v) is 4.29. The molecule has 1 rings (SSSR count). The molecule has 0 aliphatic rings. The second kappa shape index (κ2) is 4.84. The standard InChI is InChI=1S/C10H16ClN3O2/c1-4-10(2,9(15)16)13-6-8-12-5-7(11)14(8)3/h5,13H,4,6H2,1-3H3,(H,15,16). The average molecular weight is 246 g/mol. The molecule has 0 saturated heterocycles. The van der Waals surface area contributed by atoms with Gasteiger partial charge in [-0.2, -0.15) is 0 Å². The third-order valence-electron chi connectivity index (χ3n) is 2.84. The van der Waals surface area contributed by atoms with Gasteiger partial charge >= 0.3 is 5.97 Å². The number of carboxylic acid groups (broad SMARTS) is 1. The third kappa shape index (κ3) is 2.54. The number of nitrogens with zero attached hydrogens (tertiary/aromatic N) is 2. The molecule has 0 radical (unpaired) electrons. The Kier molecular flexibility index (Phi) is 3.93. The highest BCUT2D eigenvalue weighted by Gasteiger charge is 2.30. The van der Waals surface area contributed by atoms with Crippen molar-refractivity contribution >= 4 is 17.6 Å². The van der Waals surface area contributed by atoms with E-state index in [-0.39, 0.29) is 0 Å². The Morgan fingerprint density at radius 1 is 1.75 bits per heavy atom. The van der Waals surface area contributed by atoms with E-state index in [2.05, 4.69) is 10.3 Å². The molecule has 0 fully saturated rings. The fourth-order valence-corrected chi connectivity index (χ4v) is 1.36. The summed E-state index contributed by atoms with van der Waals surface area (Å²) in [6.07, 6.45) is 2.04. The highest BCUT2D eigenvalue weighted by Crippen LogP contribution is 2.13. The lowest BCUT2D eigenvalue weighted by molar-refractivity contribution is -0.144. The van der Waals surface area contributed by atoms with Crippen molar-refractivity contribution in [2.45, 2.75) is 32.4 Å². The molecule has 0 saturated carbocycles. The van der Waals surface area contributed by atoms with E-state index >= 15 is 0 Å². The van der Waals surface area contributed by atoms with Gasteiger partial charge in [-0.05, 0) is 13.3 Å². The van der Waals surface area contributed by atoms with Crippen LogP contribution >= 0.6 is 11.6 Å². The first-order valence-electron chi connectivity index (χ1n) is 5.05. The summed E-state index contributed by atoms with van der Waals surface area (Å²) in [5.74, 6) is -0.152. The SMILES string of the molecule is CCC(C)(NCc1ncc(Cl)n1C)C(=O)O. The molecule has 90 valence electrons. The van der Waals surface area contributed by atoms with Crippen molar-refractivity contribution < 1.29 is 9.90 Å². The minimum absolute atomic E-state index is 0.375. The number of halogens is 1. The first kappa shape index (κ1) is 13.0. The molecular weight excluding hydrogens is 230 g/mol. The van der Waals surface area contributed by atoms with Crippen molar-refractivity contribution in [2.24, 2.45) is 7.05 Å². The predicted octanol–water partition coefficient (Wildman–Crippen LogP) is 1.42. The number of nitrogens with one attached hydrogen (secondary N) is 1. The fraction of sp³-hybridized carbons (Fsp3) is 0.600. The zero-order valence-electron chi connectivity index (χ0n) is 9.62. The molecular formula is C10H16ClN3O2. The van der Waals surface area contributed by atoms with Crippen molar-refractivity contribution in [1.82, 2.24) is 14.9 Å². The summed E-state index contributed by atoms with van der Waals surface area (Å²) < 4.78 is 1.71. The highest BCUT2D eigenvalue weighted by molar-refractivity contribution is 6.29. The van der Waals surface area contributed by atoms with E-state index in [4.69, 9.17) is 16.7 Å². The maximum atomic E-state index is 11.0. The summed E-state index contributed by atoms with van der Waals surface area (Å²) in [7, 11) is 1.79. The van der Waals surface area contributed by atoms with Crippen molar-refractivity contribution in [2.75, 3.05) is 0 Å². The van der Waals surface area contributed by atoms with Gasteiger partial charge in [-0.3, -0.25) is 10.1 Å². The largest absolute Gasteiger partial charge is 0.480 e. The van der Waals surface area contributed by atoms with Crippen LogP contribution in [0.25, 0.3) is 0 Å². The zero-order chi connectivity index (χ0) is 12.3. The minimum atomic E-state index is -0.932. The molecule has 1 heterocycles. The summed E-state index contributed by atoms with van der Waals surface area (Å²) >= 11 is 5.83. The number of carboxylic acids is 1. The number of rotatable bonds is 5. The molecule has 1 aromatic rings. The summed E-state index contributed by atoms with van der Waals surface area (Å²) in [5, 5.41) is 12.6. The van der Waals surface area contributed by atoms with Crippen LogP contribution < -0.4 is 5.32 Å². The van der Waals surface area contributed by atoms with Gasteiger partial charge in [0.1, 0.15) is 16.5 Å². The molecule has 2 N–H and O–H groups in total. The highest BCUT2D eigenvalue weighted by atomic mass is 35.5. The van der Waals surface area contributed by atoms with Crippen LogP contribution in [0.4, 0.5) is 0 Å². The van der Waals surface area contributed by atoms with Crippen LogP contribution in [0.5, 0.6) is 0 Å². The van der Waals surface area contributed by atoms with Gasteiger partial charge in [0.2, 0.25) is 0 Å². The Morgan fingerprint density at radius 2 is 2.38 bits per heavy atom. The van der Waals surface area contributed by atoms with Gasteiger partial charge in [0.15, 0.2) is 0 Å². The maximum Gasteiger partial charge on any atom is 0.323 e. The van der Waals surface area contributed by atoms with Gasteiger partial charge in [-0.25, -0.2) is 4.98 Å². The van der Waals surface area contributed by atoms with Crippen molar-refractivity contribution in [3.05, 3.63) is 17.2 Å². The molecule has 1 atom stereocenters. The van der Waals surface area contributed by atoms with E-state index in [0.29, 0.717) is 23.9 Å². The Bertz CT molecular complexity index is 391. The molecule has 1 unspecified atom stereocenters. The smallest absolute Gasteiger partial charge is 0.323 e. The number of aliphatic carboxylic acids is 1. The lowest BCUT2D eigenvalue weighted by Crippen LogP contribution is -2.48. The van der Waals surface area contributed by atoms with Gasteiger partial charge in [0.25, 0.3) is 0 Å². The Hall–Kier alpha value is -1.07. The summed E-state index contributed by atoms with van der Waals surface area (Å²) in [6.45, 7) is 3.85. The van der Waals surface area contributed by atoms with Gasteiger partial charge in [-0.1, -0.05) is 18.5 Å². The fourth-order valence-electron chi connectivity index (χ4n) is 1.21. The van der Waals surface area contributed by atoms with E-state index in [1.807, 2.05) is 6.92 Å². The van der Waals surface area contributed by atoms with E-state index in [9.17, 15) is 4.79 Å². The first-order valence-corrected chi connectivity index (χ1v) is 5.43. The van der Waals surface area contributed by atoms with Crippen molar-refractivity contribution in [1.29, 1.82) is 0 Å². The first-order chi connectivity index (χ1) is 7.40. The zero-order valence-corrected chi connectivity index (χ0v) is 10.4. The molecule has 0 amide bonds. The normalized spacial score (nSPS) is 14.8. The van der Waals surface area contributed by atoms with E-state index in [1.54, 1.807) is 24.7 Å². The number of hydrogen-bond acceptors (Lipinski definition) is 3. The number of hydrogen-bond donors (Lipinski definition) is 2. The lowest BCUT2D eigenvalue weighted by atomic mass is 9.99. The third-order valence-corrected chi connectivity index (χ3v) is 3.19. The van der Waals surface area contributed by atoms with Gasteiger partial charge in [0, 0.05) is 7.05 Å². The molecule has 6 heteroatoms. The van der Waals surface area contributed by atoms with Crippen LogP contribution in [0.1, 0.15) is 26.1 Å². The Balaban J connectivity index is 2.70. The molecule has 0 spiro atoms. The monoisotopic (exact) mass is 245 g/mol. The topological polar surface area (TPSA) is 67.2 Å². The number of imidazole rings is 1. The van der Waals surface area contributed by atoms with E-state index in [1.165, 1.54) is 0 Å². The van der Waals surface area contributed by atoms with Crippen molar-refractivity contribution in [3.8, 4) is 0 Å². The average Bonchev–Trinajstić information content (AvgIpc) is 2.56. The van der Waals surface area contributed by atoms with Crippen LogP contribution in [0.2, 0.25) is 5.15 Å². The summed E-state index contributed by atoms with van der Waals surface area (Å²) in [4.78, 5) is 15.1. The van der Waals surface area contributed by atoms with Crippen LogP contribution in [-0.2, 0) is 18.4 Å². The van der Waals surface area contributed by atoms with E-state index in [0.717, 1.165) is 0 Å². The van der Waals surface area contributed by atoms with Crippen LogP contribution in [-0.4, -0.2) is 26.2 Å². The van der Waals surface area contributed by atoms with Gasteiger partial charge < -0.3 is 9.67 Å². The quantitative estimate of drug-likeness (QED) is 0.823. The molecule has 0 bridgehead atoms. The number of aromatic nitrogens is 2. The maximum absolute atomic E-state index is 11.0. The van der Waals surface area contributed by atoms with Gasteiger partial charge in [0.05, 0.1) is 12.7 Å². The summed E-state index contributed by atoms with van der Waals surface area (Å²) in [5.41, 5.74) is -0.932. The minimum Gasteiger partial charge on any atom is -0.480 e. The van der Waals surface area contributed by atoms with Crippen LogP contribution in [0.3, 0.4) is 0 Å². The van der Waals surface area contributed by atoms with Crippen LogP contribution in [0.15, 0.2) is 6.20 Å². The molecule has 0 aromatic carbocycles.